The van der Waals surface area contributed by atoms with Crippen LogP contribution in [-0.2, 0) is 15.7 Å². The van der Waals surface area contributed by atoms with Crippen LogP contribution in [0.1, 0.15) is 21.5 Å². The molecule has 2 saturated heterocycles. The summed E-state index contributed by atoms with van der Waals surface area (Å²) >= 11 is 6.77. The minimum absolute atomic E-state index is 0.0130. The van der Waals surface area contributed by atoms with E-state index in [0.29, 0.717) is 38.5 Å². The Morgan fingerprint density at radius 3 is 2.62 bits per heavy atom. The Balaban J connectivity index is 1.70. The molecule has 1 aromatic carbocycles. The molecule has 9 nitrogen and oxygen atoms in total. The fourth-order valence-corrected chi connectivity index (χ4v) is 5.65. The van der Waals surface area contributed by atoms with Crippen LogP contribution in [-0.4, -0.2) is 85.2 Å². The first-order chi connectivity index (χ1) is 18.5. The Kier molecular flexibility index (Phi) is 7.10. The zero-order valence-electron chi connectivity index (χ0n) is 21.2. The normalized spacial score (nSPS) is 19.7. The molecule has 5 rings (SSSR count). The number of fused-ring (bicyclic) bond motifs is 2. The number of piperazine rings is 1. The monoisotopic (exact) mass is 565 g/mol. The van der Waals surface area contributed by atoms with Gasteiger partial charge in [-0.15, -0.1) is 0 Å². The van der Waals surface area contributed by atoms with Gasteiger partial charge >= 0.3 is 6.18 Å². The van der Waals surface area contributed by atoms with Crippen LogP contribution in [0.2, 0.25) is 5.02 Å². The number of carbonyl (C=O) groups is 2. The molecule has 1 aromatic heterocycles. The second kappa shape index (κ2) is 10.2. The van der Waals surface area contributed by atoms with E-state index in [1.54, 1.807) is 9.80 Å². The lowest BCUT2D eigenvalue weighted by Crippen LogP contribution is -2.57. The number of ether oxygens (including phenoxy) is 2. The molecule has 2 amide bonds. The molecule has 208 valence electrons. The number of rotatable bonds is 3. The van der Waals surface area contributed by atoms with Crippen LogP contribution in [0.25, 0.3) is 11.3 Å². The van der Waals surface area contributed by atoms with Crippen molar-refractivity contribution in [3.63, 3.8) is 0 Å². The molecular formula is C26H27ClF3N5O4. The fraction of sp³-hybridized carbons (Fsp3) is 0.423. The number of amides is 2. The van der Waals surface area contributed by atoms with Crippen molar-refractivity contribution in [1.82, 2.24) is 14.8 Å². The summed E-state index contributed by atoms with van der Waals surface area (Å²) in [5.41, 5.74) is 4.84. The number of alkyl halides is 3. The molecular weight excluding hydrogens is 539 g/mol. The SMILES string of the molecule is C=CC(=O)N1CCN2C(=O)c3c(N4CCOCC4)cc(-c4nc(N)cc(C)c4C(F)(F)F)c(Cl)c3OC[C@H]2C1. The Morgan fingerprint density at radius 2 is 1.95 bits per heavy atom. The van der Waals surface area contributed by atoms with Gasteiger partial charge in [0.2, 0.25) is 5.91 Å². The molecule has 2 aromatic rings. The first kappa shape index (κ1) is 27.1. The highest BCUT2D eigenvalue weighted by atomic mass is 35.5. The number of benzene rings is 1. The molecule has 0 bridgehead atoms. The zero-order chi connectivity index (χ0) is 28.1. The van der Waals surface area contributed by atoms with E-state index in [1.165, 1.54) is 19.1 Å². The zero-order valence-corrected chi connectivity index (χ0v) is 21.9. The number of nitrogens with zero attached hydrogens (tertiary/aromatic N) is 4. The van der Waals surface area contributed by atoms with Gasteiger partial charge in [-0.1, -0.05) is 18.2 Å². The Morgan fingerprint density at radius 1 is 1.23 bits per heavy atom. The number of carbonyl (C=O) groups excluding carboxylic acids is 2. The van der Waals surface area contributed by atoms with Gasteiger partial charge in [-0.2, -0.15) is 13.2 Å². The number of nitrogen functional groups attached to an aromatic ring is 1. The predicted octanol–water partition coefficient (Wildman–Crippen LogP) is 3.38. The lowest BCUT2D eigenvalue weighted by molar-refractivity contribution is -0.137. The van der Waals surface area contributed by atoms with Crippen LogP contribution < -0.4 is 15.4 Å². The van der Waals surface area contributed by atoms with E-state index in [4.69, 9.17) is 26.8 Å². The summed E-state index contributed by atoms with van der Waals surface area (Å²) in [6.45, 7) is 7.15. The van der Waals surface area contributed by atoms with Gasteiger partial charge in [0.15, 0.2) is 5.75 Å². The van der Waals surface area contributed by atoms with E-state index in [9.17, 15) is 22.8 Å². The van der Waals surface area contributed by atoms with Crippen LogP contribution in [0.15, 0.2) is 24.8 Å². The Labute approximate surface area is 227 Å². The van der Waals surface area contributed by atoms with Crippen LogP contribution in [0, 0.1) is 6.92 Å². The summed E-state index contributed by atoms with van der Waals surface area (Å²) in [6, 6.07) is 2.13. The highest BCUT2D eigenvalue weighted by Gasteiger charge is 2.42. The van der Waals surface area contributed by atoms with Crippen molar-refractivity contribution in [3.8, 4) is 17.0 Å². The number of aromatic nitrogens is 1. The quantitative estimate of drug-likeness (QED) is 0.569. The average Bonchev–Trinajstić information content (AvgIpc) is 3.04. The lowest BCUT2D eigenvalue weighted by atomic mass is 9.97. The minimum atomic E-state index is -4.74. The summed E-state index contributed by atoms with van der Waals surface area (Å²) in [5.74, 6) is -0.760. The largest absolute Gasteiger partial charge is 0.489 e. The molecule has 3 aliphatic heterocycles. The van der Waals surface area contributed by atoms with Crippen molar-refractivity contribution in [2.75, 3.05) is 63.2 Å². The summed E-state index contributed by atoms with van der Waals surface area (Å²) in [5, 5.41) is -0.169. The minimum Gasteiger partial charge on any atom is -0.489 e. The molecule has 0 radical (unpaired) electrons. The van der Waals surface area contributed by atoms with Crippen molar-refractivity contribution in [3.05, 3.63) is 46.5 Å². The van der Waals surface area contributed by atoms with Gasteiger partial charge in [-0.25, -0.2) is 4.98 Å². The van der Waals surface area contributed by atoms with Crippen LogP contribution in [0.4, 0.5) is 24.7 Å². The predicted molar refractivity (Wildman–Crippen MR) is 139 cm³/mol. The number of halogens is 4. The van der Waals surface area contributed by atoms with Crippen molar-refractivity contribution in [1.29, 1.82) is 0 Å². The van der Waals surface area contributed by atoms with Gasteiger partial charge in [0.05, 0.1) is 41.2 Å². The molecule has 2 fully saturated rings. The first-order valence-electron chi connectivity index (χ1n) is 12.4. The molecule has 0 saturated carbocycles. The number of aryl methyl sites for hydroxylation is 1. The van der Waals surface area contributed by atoms with Crippen molar-refractivity contribution >= 4 is 34.9 Å². The molecule has 13 heteroatoms. The van der Waals surface area contributed by atoms with Crippen LogP contribution in [0.5, 0.6) is 5.75 Å². The molecule has 3 aliphatic rings. The van der Waals surface area contributed by atoms with E-state index >= 15 is 0 Å². The average molecular weight is 566 g/mol. The van der Waals surface area contributed by atoms with Gasteiger partial charge < -0.3 is 29.9 Å². The molecule has 2 N–H and O–H groups in total. The second-order valence-electron chi connectivity index (χ2n) is 9.60. The number of hydrogen-bond donors (Lipinski definition) is 1. The summed E-state index contributed by atoms with van der Waals surface area (Å²) in [7, 11) is 0. The van der Waals surface area contributed by atoms with Crippen molar-refractivity contribution < 1.29 is 32.2 Å². The third kappa shape index (κ3) is 4.87. The molecule has 39 heavy (non-hydrogen) atoms. The van der Waals surface area contributed by atoms with Crippen LogP contribution in [0.3, 0.4) is 0 Å². The second-order valence-corrected chi connectivity index (χ2v) is 9.98. The molecule has 1 atom stereocenters. The Bertz CT molecular complexity index is 1350. The fourth-order valence-electron chi connectivity index (χ4n) is 5.36. The maximum absolute atomic E-state index is 14.2. The van der Waals surface area contributed by atoms with Gasteiger partial charge in [-0.05, 0) is 30.7 Å². The van der Waals surface area contributed by atoms with Crippen LogP contribution >= 0.6 is 11.6 Å². The van der Waals surface area contributed by atoms with Gasteiger partial charge in [0.25, 0.3) is 5.91 Å². The van der Waals surface area contributed by atoms with Crippen molar-refractivity contribution in [2.24, 2.45) is 0 Å². The smallest absolute Gasteiger partial charge is 0.418 e. The molecule has 0 spiro atoms. The summed E-state index contributed by atoms with van der Waals surface area (Å²) in [6.07, 6.45) is -3.53. The number of nitrogens with two attached hydrogens (primary N) is 1. The molecule has 0 aliphatic carbocycles. The standard InChI is InChI=1S/C26H27ClF3N5O4/c1-3-19(36)34-4-5-35-15(12-34)13-39-24-20(25(35)37)17(33-6-8-38-9-7-33)11-16(22(24)27)23-21(26(28,29)30)14(2)10-18(31)32-23/h3,10-11,15H,1,4-9,12-13H2,2H3,(H2,31,32)/t15-/m1/s1. The number of morpholine rings is 1. The molecule has 0 unspecified atom stereocenters. The topological polar surface area (TPSA) is 101 Å². The highest BCUT2D eigenvalue weighted by molar-refractivity contribution is 6.36. The van der Waals surface area contributed by atoms with E-state index in [1.807, 2.05) is 4.90 Å². The van der Waals surface area contributed by atoms with E-state index in [2.05, 4.69) is 11.6 Å². The lowest BCUT2D eigenvalue weighted by Gasteiger charge is -2.40. The van der Waals surface area contributed by atoms with E-state index in [-0.39, 0.29) is 64.8 Å². The molecule has 4 heterocycles. The van der Waals surface area contributed by atoms with E-state index in [0.717, 1.165) is 6.07 Å². The van der Waals surface area contributed by atoms with E-state index < -0.39 is 23.5 Å². The summed E-state index contributed by atoms with van der Waals surface area (Å²) < 4.78 is 54.3. The third-order valence-electron chi connectivity index (χ3n) is 7.19. The maximum Gasteiger partial charge on any atom is 0.418 e. The third-order valence-corrected chi connectivity index (χ3v) is 7.57. The Hall–Kier alpha value is -3.51. The van der Waals surface area contributed by atoms with Crippen molar-refractivity contribution in [2.45, 2.75) is 19.1 Å². The summed E-state index contributed by atoms with van der Waals surface area (Å²) in [4.78, 5) is 35.3. The van der Waals surface area contributed by atoms with Gasteiger partial charge in [0, 0.05) is 38.3 Å². The van der Waals surface area contributed by atoms with Gasteiger partial charge in [0.1, 0.15) is 18.0 Å². The number of pyridine rings is 1. The highest BCUT2D eigenvalue weighted by Crippen LogP contribution is 2.48. The number of anilines is 2. The maximum atomic E-state index is 14.2. The van der Waals surface area contributed by atoms with Gasteiger partial charge in [-0.3, -0.25) is 9.59 Å². The number of hydrogen-bond acceptors (Lipinski definition) is 7. The first-order valence-corrected chi connectivity index (χ1v) is 12.8.